The van der Waals surface area contributed by atoms with Crippen LogP contribution in [0.2, 0.25) is 0 Å². The molecule has 1 aromatic rings. The lowest BCUT2D eigenvalue weighted by molar-refractivity contribution is -0.142. The Morgan fingerprint density at radius 1 is 1.43 bits per heavy atom. The molecule has 0 radical (unpaired) electrons. The van der Waals surface area contributed by atoms with E-state index >= 15 is 0 Å². The van der Waals surface area contributed by atoms with E-state index < -0.39 is 11.9 Å². The minimum absolute atomic E-state index is 0.0514. The molecule has 3 unspecified atom stereocenters. The second kappa shape index (κ2) is 6.39. The standard InChI is InChI=1S/C15H20N2O3S/c1-9(14(18)19)13-10(2)21-15(17(13)3)16-11-5-7-12(20-4)8-6-11/h5-10,13H,1-4H3,(H,18,19). The van der Waals surface area contributed by atoms with Crippen molar-refractivity contribution in [1.82, 2.24) is 4.90 Å². The summed E-state index contributed by atoms with van der Waals surface area (Å²) in [5.41, 5.74) is 0.834. The molecule has 1 heterocycles. The Morgan fingerprint density at radius 3 is 2.57 bits per heavy atom. The van der Waals surface area contributed by atoms with Crippen molar-refractivity contribution in [2.24, 2.45) is 10.9 Å². The first-order chi connectivity index (χ1) is 9.93. The molecule has 0 aliphatic carbocycles. The maximum atomic E-state index is 11.2. The Balaban J connectivity index is 2.20. The van der Waals surface area contributed by atoms with Crippen LogP contribution < -0.4 is 4.74 Å². The van der Waals surface area contributed by atoms with Crippen molar-refractivity contribution in [3.63, 3.8) is 0 Å². The number of benzene rings is 1. The molecule has 0 spiro atoms. The molecule has 3 atom stereocenters. The van der Waals surface area contributed by atoms with Crippen molar-refractivity contribution < 1.29 is 14.6 Å². The van der Waals surface area contributed by atoms with Gasteiger partial charge in [-0.15, -0.1) is 0 Å². The number of aliphatic carboxylic acids is 1. The first-order valence-electron chi connectivity index (χ1n) is 6.79. The Bertz CT molecular complexity index is 544. The lowest BCUT2D eigenvalue weighted by Gasteiger charge is -2.26. The summed E-state index contributed by atoms with van der Waals surface area (Å²) in [5, 5.41) is 10.3. The van der Waals surface area contributed by atoms with Gasteiger partial charge in [0.1, 0.15) is 5.75 Å². The van der Waals surface area contributed by atoms with Gasteiger partial charge in [0.25, 0.3) is 0 Å². The molecule has 1 saturated heterocycles. The highest BCUT2D eigenvalue weighted by Crippen LogP contribution is 2.35. The van der Waals surface area contributed by atoms with Gasteiger partial charge < -0.3 is 14.7 Å². The third kappa shape index (κ3) is 3.32. The van der Waals surface area contributed by atoms with E-state index in [4.69, 9.17) is 4.74 Å². The van der Waals surface area contributed by atoms with E-state index in [1.54, 1.807) is 25.8 Å². The molecule has 1 aromatic carbocycles. The van der Waals surface area contributed by atoms with Crippen LogP contribution in [0.1, 0.15) is 13.8 Å². The topological polar surface area (TPSA) is 62.1 Å². The number of carboxylic acid groups (broad SMARTS) is 1. The number of rotatable bonds is 4. The second-order valence-corrected chi connectivity index (χ2v) is 6.49. The van der Waals surface area contributed by atoms with Crippen LogP contribution in [0.25, 0.3) is 0 Å². The van der Waals surface area contributed by atoms with E-state index in [-0.39, 0.29) is 11.3 Å². The van der Waals surface area contributed by atoms with Crippen molar-refractivity contribution in [1.29, 1.82) is 0 Å². The number of methoxy groups -OCH3 is 1. The summed E-state index contributed by atoms with van der Waals surface area (Å²) in [5.74, 6) is -0.414. The fourth-order valence-electron chi connectivity index (χ4n) is 2.52. The molecule has 5 nitrogen and oxygen atoms in total. The number of carboxylic acids is 1. The number of hydrogen-bond acceptors (Lipinski definition) is 4. The highest BCUT2D eigenvalue weighted by molar-refractivity contribution is 8.14. The Labute approximate surface area is 129 Å². The van der Waals surface area contributed by atoms with Gasteiger partial charge in [-0.2, -0.15) is 0 Å². The molecule has 1 N–H and O–H groups in total. The number of carbonyl (C=O) groups is 1. The van der Waals surface area contributed by atoms with Gasteiger partial charge in [-0.1, -0.05) is 18.7 Å². The van der Waals surface area contributed by atoms with Gasteiger partial charge >= 0.3 is 5.97 Å². The first-order valence-corrected chi connectivity index (χ1v) is 7.67. The van der Waals surface area contributed by atoms with Crippen molar-refractivity contribution in [2.45, 2.75) is 25.1 Å². The summed E-state index contributed by atoms with van der Waals surface area (Å²) in [6.07, 6.45) is 0. The molecule has 1 aliphatic heterocycles. The molecule has 0 aromatic heterocycles. The van der Waals surface area contributed by atoms with Gasteiger partial charge in [0.15, 0.2) is 5.17 Å². The summed E-state index contributed by atoms with van der Waals surface area (Å²) < 4.78 is 5.12. The van der Waals surface area contributed by atoms with E-state index in [1.807, 2.05) is 43.1 Å². The Hall–Kier alpha value is -1.69. The molecule has 0 saturated carbocycles. The number of aliphatic imine (C=N–C) groups is 1. The van der Waals surface area contributed by atoms with Crippen LogP contribution in [0.5, 0.6) is 5.75 Å². The molecule has 114 valence electrons. The maximum absolute atomic E-state index is 11.2. The number of ether oxygens (including phenoxy) is 1. The number of thioether (sulfide) groups is 1. The van der Waals surface area contributed by atoms with Crippen molar-refractivity contribution in [3.8, 4) is 5.75 Å². The van der Waals surface area contributed by atoms with Crippen molar-refractivity contribution in [3.05, 3.63) is 24.3 Å². The van der Waals surface area contributed by atoms with E-state index in [9.17, 15) is 9.90 Å². The Kier molecular flexibility index (Phi) is 4.77. The third-order valence-corrected chi connectivity index (χ3v) is 4.96. The predicted octanol–water partition coefficient (Wildman–Crippen LogP) is 2.84. The smallest absolute Gasteiger partial charge is 0.308 e. The Morgan fingerprint density at radius 2 is 2.05 bits per heavy atom. The molecule has 6 heteroatoms. The number of hydrogen-bond donors (Lipinski definition) is 1. The zero-order chi connectivity index (χ0) is 15.6. The third-order valence-electron chi connectivity index (χ3n) is 3.72. The van der Waals surface area contributed by atoms with E-state index in [0.717, 1.165) is 16.6 Å². The average Bonchev–Trinajstić information content (AvgIpc) is 2.73. The molecule has 21 heavy (non-hydrogen) atoms. The van der Waals surface area contributed by atoms with Gasteiger partial charge in [-0.25, -0.2) is 4.99 Å². The largest absolute Gasteiger partial charge is 0.497 e. The molecular weight excluding hydrogens is 288 g/mol. The summed E-state index contributed by atoms with van der Waals surface area (Å²) in [6, 6.07) is 7.45. The molecule has 0 amide bonds. The van der Waals surface area contributed by atoms with Gasteiger partial charge in [0.2, 0.25) is 0 Å². The quantitative estimate of drug-likeness (QED) is 0.926. The molecule has 1 aliphatic rings. The van der Waals surface area contributed by atoms with Crippen LogP contribution in [0.4, 0.5) is 5.69 Å². The van der Waals surface area contributed by atoms with Crippen molar-refractivity contribution in [2.75, 3.05) is 14.2 Å². The van der Waals surface area contributed by atoms with E-state index in [0.29, 0.717) is 0 Å². The van der Waals surface area contributed by atoms with E-state index in [1.165, 1.54) is 0 Å². The fraction of sp³-hybridized carbons (Fsp3) is 0.467. The van der Waals surface area contributed by atoms with Crippen molar-refractivity contribution >= 4 is 28.6 Å². The molecule has 2 rings (SSSR count). The zero-order valence-corrected chi connectivity index (χ0v) is 13.4. The first kappa shape index (κ1) is 15.7. The van der Waals surface area contributed by atoms with Gasteiger partial charge in [-0.05, 0) is 31.2 Å². The van der Waals surface area contributed by atoms with Gasteiger partial charge in [0.05, 0.1) is 24.8 Å². The average molecular weight is 308 g/mol. The van der Waals surface area contributed by atoms with Gasteiger partial charge in [-0.3, -0.25) is 4.79 Å². The normalized spacial score (nSPS) is 25.1. The monoisotopic (exact) mass is 308 g/mol. The molecule has 0 bridgehead atoms. The van der Waals surface area contributed by atoms with E-state index in [2.05, 4.69) is 4.99 Å². The van der Waals surface area contributed by atoms with Crippen LogP contribution in [-0.2, 0) is 4.79 Å². The summed E-state index contributed by atoms with van der Waals surface area (Å²) in [6.45, 7) is 3.79. The lowest BCUT2D eigenvalue weighted by Crippen LogP contribution is -2.41. The molecule has 1 fully saturated rings. The summed E-state index contributed by atoms with van der Waals surface area (Å²) in [7, 11) is 3.53. The van der Waals surface area contributed by atoms with Crippen LogP contribution in [0, 0.1) is 5.92 Å². The van der Waals surface area contributed by atoms with Gasteiger partial charge in [0, 0.05) is 12.3 Å². The minimum atomic E-state index is -0.773. The predicted molar refractivity (Wildman–Crippen MR) is 85.5 cm³/mol. The van der Waals surface area contributed by atoms with Crippen LogP contribution in [0.15, 0.2) is 29.3 Å². The zero-order valence-electron chi connectivity index (χ0n) is 12.6. The lowest BCUT2D eigenvalue weighted by atomic mass is 9.99. The maximum Gasteiger partial charge on any atom is 0.308 e. The number of nitrogens with zero attached hydrogens (tertiary/aromatic N) is 2. The van der Waals surface area contributed by atoms with Crippen LogP contribution in [-0.4, -0.2) is 46.6 Å². The highest BCUT2D eigenvalue weighted by Gasteiger charge is 2.40. The van der Waals surface area contributed by atoms with Crippen LogP contribution >= 0.6 is 11.8 Å². The minimum Gasteiger partial charge on any atom is -0.497 e. The SMILES string of the molecule is COc1ccc(N=C2SC(C)C(C(C)C(=O)O)N2C)cc1. The van der Waals surface area contributed by atoms with Crippen LogP contribution in [0.3, 0.4) is 0 Å². The summed E-state index contributed by atoms with van der Waals surface area (Å²) in [4.78, 5) is 17.8. The highest BCUT2D eigenvalue weighted by atomic mass is 32.2. The summed E-state index contributed by atoms with van der Waals surface area (Å²) >= 11 is 1.61. The fourth-order valence-corrected chi connectivity index (χ4v) is 3.86. The second-order valence-electron chi connectivity index (χ2n) is 5.14. The number of amidine groups is 1. The molecular formula is C15H20N2O3S.